The summed E-state index contributed by atoms with van der Waals surface area (Å²) in [5.41, 5.74) is 4.88. The lowest BCUT2D eigenvalue weighted by atomic mass is 10.1. The van der Waals surface area contributed by atoms with Gasteiger partial charge in [-0.15, -0.1) is 0 Å². The summed E-state index contributed by atoms with van der Waals surface area (Å²) < 4.78 is 2.95. The van der Waals surface area contributed by atoms with Gasteiger partial charge in [-0.05, 0) is 24.6 Å². The number of phenols is 1. The van der Waals surface area contributed by atoms with Gasteiger partial charge in [-0.1, -0.05) is 42.0 Å². The highest BCUT2D eigenvalue weighted by molar-refractivity contribution is 5.83. The number of hydrogen-bond acceptors (Lipinski definition) is 6. The van der Waals surface area contributed by atoms with Gasteiger partial charge in [-0.3, -0.25) is 18.9 Å². The van der Waals surface area contributed by atoms with Gasteiger partial charge in [0.15, 0.2) is 11.2 Å². The van der Waals surface area contributed by atoms with Crippen molar-refractivity contribution in [2.45, 2.75) is 13.5 Å². The molecule has 0 radical (unpaired) electrons. The summed E-state index contributed by atoms with van der Waals surface area (Å²) in [4.78, 5) is 31.3. The van der Waals surface area contributed by atoms with Crippen LogP contribution in [0.2, 0.25) is 0 Å². The number of rotatable bonds is 5. The van der Waals surface area contributed by atoms with Gasteiger partial charge in [0, 0.05) is 12.6 Å². The molecule has 0 amide bonds. The Morgan fingerprint density at radius 3 is 2.63 bits per heavy atom. The first-order valence-electron chi connectivity index (χ1n) is 9.26. The molecule has 9 heteroatoms. The molecular formula is C21H20N6O3. The zero-order valence-electron chi connectivity index (χ0n) is 16.5. The summed E-state index contributed by atoms with van der Waals surface area (Å²) in [5.74, 6) is 0.388. The first-order chi connectivity index (χ1) is 14.4. The molecule has 0 aliphatic rings. The summed E-state index contributed by atoms with van der Waals surface area (Å²) in [5, 5.41) is 14.0. The molecule has 0 atom stereocenters. The van der Waals surface area contributed by atoms with Crippen molar-refractivity contribution < 1.29 is 5.11 Å². The van der Waals surface area contributed by atoms with Crippen molar-refractivity contribution in [2.75, 3.05) is 5.43 Å². The number of imidazole rings is 1. The Morgan fingerprint density at radius 2 is 1.90 bits per heavy atom. The molecule has 2 heterocycles. The molecule has 0 bridgehead atoms. The normalized spacial score (nSPS) is 11.4. The fourth-order valence-corrected chi connectivity index (χ4v) is 3.11. The van der Waals surface area contributed by atoms with Gasteiger partial charge in [0.2, 0.25) is 5.95 Å². The average molecular weight is 404 g/mol. The Bertz CT molecular complexity index is 1360. The summed E-state index contributed by atoms with van der Waals surface area (Å²) in [6.45, 7) is 2.35. The zero-order valence-corrected chi connectivity index (χ0v) is 16.5. The number of nitrogens with zero attached hydrogens (tertiary/aromatic N) is 4. The number of benzene rings is 2. The van der Waals surface area contributed by atoms with E-state index in [0.717, 1.165) is 11.1 Å². The Labute approximate surface area is 171 Å². The van der Waals surface area contributed by atoms with Crippen LogP contribution >= 0.6 is 0 Å². The van der Waals surface area contributed by atoms with Crippen molar-refractivity contribution in [2.24, 2.45) is 12.1 Å². The molecule has 4 aromatic rings. The van der Waals surface area contributed by atoms with Crippen LogP contribution in [0.5, 0.6) is 5.75 Å². The minimum Gasteiger partial charge on any atom is -0.507 e. The Balaban J connectivity index is 1.79. The number of nitrogens with one attached hydrogen (secondary N) is 2. The van der Waals surface area contributed by atoms with Crippen molar-refractivity contribution in [3.8, 4) is 5.75 Å². The number of aromatic nitrogens is 4. The van der Waals surface area contributed by atoms with E-state index in [9.17, 15) is 14.7 Å². The Hall–Kier alpha value is -4.14. The molecule has 0 fully saturated rings. The highest BCUT2D eigenvalue weighted by atomic mass is 16.3. The van der Waals surface area contributed by atoms with Crippen LogP contribution in [0.25, 0.3) is 11.2 Å². The second-order valence-electron chi connectivity index (χ2n) is 6.93. The molecule has 0 aliphatic heterocycles. The topological polar surface area (TPSA) is 117 Å². The molecule has 0 saturated carbocycles. The van der Waals surface area contributed by atoms with Crippen LogP contribution < -0.4 is 16.7 Å². The van der Waals surface area contributed by atoms with E-state index in [1.165, 1.54) is 10.8 Å². The number of para-hydroxylation sites is 1. The summed E-state index contributed by atoms with van der Waals surface area (Å²) >= 11 is 0. The van der Waals surface area contributed by atoms with Crippen molar-refractivity contribution >= 4 is 23.3 Å². The van der Waals surface area contributed by atoms with E-state index in [1.807, 2.05) is 31.2 Å². The molecule has 2 aromatic heterocycles. The molecule has 9 nitrogen and oxygen atoms in total. The summed E-state index contributed by atoms with van der Waals surface area (Å²) in [7, 11) is 1.54. The van der Waals surface area contributed by atoms with E-state index in [1.54, 1.807) is 35.9 Å². The molecule has 0 unspecified atom stereocenters. The number of aryl methyl sites for hydroxylation is 2. The SMILES string of the molecule is Cc1ccc(Cn2c(N/N=C\c3ccccc3O)nc3c2c(=O)[nH]c(=O)n3C)cc1. The third-order valence-electron chi connectivity index (χ3n) is 4.77. The third-order valence-corrected chi connectivity index (χ3v) is 4.77. The van der Waals surface area contributed by atoms with E-state index in [0.29, 0.717) is 18.1 Å². The predicted octanol–water partition coefficient (Wildman–Crippen LogP) is 1.93. The maximum atomic E-state index is 12.5. The predicted molar refractivity (Wildman–Crippen MR) is 115 cm³/mol. The minimum absolute atomic E-state index is 0.0926. The van der Waals surface area contributed by atoms with Gasteiger partial charge in [0.05, 0.1) is 12.8 Å². The molecular weight excluding hydrogens is 384 g/mol. The second-order valence-corrected chi connectivity index (χ2v) is 6.93. The number of aromatic hydroxyl groups is 1. The van der Waals surface area contributed by atoms with Crippen LogP contribution in [0, 0.1) is 6.92 Å². The van der Waals surface area contributed by atoms with Crippen LogP contribution in [0.4, 0.5) is 5.95 Å². The number of phenolic OH excluding ortho intramolecular Hbond substituents is 1. The summed E-state index contributed by atoms with van der Waals surface area (Å²) in [6.07, 6.45) is 1.45. The summed E-state index contributed by atoms with van der Waals surface area (Å²) in [6, 6.07) is 14.7. The Morgan fingerprint density at radius 1 is 1.17 bits per heavy atom. The van der Waals surface area contributed by atoms with Crippen molar-refractivity contribution in [1.82, 2.24) is 19.1 Å². The molecule has 4 rings (SSSR count). The number of fused-ring (bicyclic) bond motifs is 1. The van der Waals surface area contributed by atoms with Gasteiger partial charge in [-0.2, -0.15) is 10.1 Å². The van der Waals surface area contributed by atoms with Crippen molar-refractivity contribution in [3.63, 3.8) is 0 Å². The highest BCUT2D eigenvalue weighted by Gasteiger charge is 2.17. The standard InChI is InChI=1S/C21H20N6O3/c1-13-7-9-14(10-8-13)12-27-17-18(26(2)21(30)24-19(17)29)23-20(27)25-22-11-15-5-3-4-6-16(15)28/h3-11,28H,12H2,1-2H3,(H,23,25)(H,24,29,30)/b22-11-. The molecule has 0 aliphatic carbocycles. The van der Waals surface area contributed by atoms with E-state index >= 15 is 0 Å². The number of aromatic amines is 1. The number of hydrogen-bond donors (Lipinski definition) is 3. The van der Waals surface area contributed by atoms with E-state index in [4.69, 9.17) is 0 Å². The van der Waals surface area contributed by atoms with Gasteiger partial charge in [0.25, 0.3) is 5.56 Å². The average Bonchev–Trinajstić information content (AvgIpc) is 3.08. The van der Waals surface area contributed by atoms with E-state index < -0.39 is 11.2 Å². The quantitative estimate of drug-likeness (QED) is 0.347. The zero-order chi connectivity index (χ0) is 21.3. The molecule has 2 aromatic carbocycles. The molecule has 0 spiro atoms. The maximum absolute atomic E-state index is 12.5. The lowest BCUT2D eigenvalue weighted by Crippen LogP contribution is -2.29. The maximum Gasteiger partial charge on any atom is 0.329 e. The van der Waals surface area contributed by atoms with Crippen LogP contribution in [0.1, 0.15) is 16.7 Å². The molecule has 3 N–H and O–H groups in total. The van der Waals surface area contributed by atoms with Gasteiger partial charge in [-0.25, -0.2) is 10.2 Å². The molecule has 0 saturated heterocycles. The van der Waals surface area contributed by atoms with Crippen LogP contribution in [0.15, 0.2) is 63.2 Å². The van der Waals surface area contributed by atoms with Crippen LogP contribution in [-0.2, 0) is 13.6 Å². The van der Waals surface area contributed by atoms with Crippen LogP contribution in [0.3, 0.4) is 0 Å². The van der Waals surface area contributed by atoms with Crippen LogP contribution in [-0.4, -0.2) is 30.4 Å². The molecule has 30 heavy (non-hydrogen) atoms. The van der Waals surface area contributed by atoms with Gasteiger partial charge in [0.1, 0.15) is 5.75 Å². The van der Waals surface area contributed by atoms with Gasteiger partial charge < -0.3 is 5.11 Å². The second kappa shape index (κ2) is 7.70. The Kier molecular flexibility index (Phi) is 4.93. The van der Waals surface area contributed by atoms with Crippen molar-refractivity contribution in [3.05, 3.63) is 86.1 Å². The lowest BCUT2D eigenvalue weighted by molar-refractivity contribution is 0.474. The fourth-order valence-electron chi connectivity index (χ4n) is 3.11. The third kappa shape index (κ3) is 3.60. The minimum atomic E-state index is -0.545. The number of hydrazone groups is 1. The van der Waals surface area contributed by atoms with Crippen molar-refractivity contribution in [1.29, 1.82) is 0 Å². The van der Waals surface area contributed by atoms with E-state index in [2.05, 4.69) is 20.5 Å². The first kappa shape index (κ1) is 19.2. The highest BCUT2D eigenvalue weighted by Crippen LogP contribution is 2.18. The van der Waals surface area contributed by atoms with Gasteiger partial charge >= 0.3 is 5.69 Å². The molecule has 152 valence electrons. The number of H-pyrrole nitrogens is 1. The largest absolute Gasteiger partial charge is 0.507 e. The van der Waals surface area contributed by atoms with E-state index in [-0.39, 0.29) is 16.9 Å². The number of anilines is 1. The smallest absolute Gasteiger partial charge is 0.329 e. The monoisotopic (exact) mass is 404 g/mol. The lowest BCUT2D eigenvalue weighted by Gasteiger charge is -2.08. The fraction of sp³-hybridized carbons (Fsp3) is 0.143. The first-order valence-corrected chi connectivity index (χ1v) is 9.26.